The van der Waals surface area contributed by atoms with Crippen LogP contribution in [-0.4, -0.2) is 27.7 Å². The number of nitrogens with zero attached hydrogens (tertiary/aromatic N) is 4. The Morgan fingerprint density at radius 3 is 2.54 bits per heavy atom. The average Bonchev–Trinajstić information content (AvgIpc) is 3.07. The second kappa shape index (κ2) is 6.44. The number of pyridine rings is 1. The smallest absolute Gasteiger partial charge is 0.181 e. The molecule has 0 atom stereocenters. The van der Waals surface area contributed by atoms with Gasteiger partial charge in [0.1, 0.15) is 10.8 Å². The summed E-state index contributed by atoms with van der Waals surface area (Å²) in [5.74, 6) is 1.59. The van der Waals surface area contributed by atoms with Crippen molar-refractivity contribution in [2.24, 2.45) is 0 Å². The van der Waals surface area contributed by atoms with Crippen LogP contribution in [0.15, 0.2) is 42.6 Å². The minimum absolute atomic E-state index is 0.643. The van der Waals surface area contributed by atoms with Crippen molar-refractivity contribution >= 4 is 22.9 Å². The van der Waals surface area contributed by atoms with Crippen LogP contribution < -0.4 is 4.90 Å². The van der Waals surface area contributed by atoms with E-state index in [-0.39, 0.29) is 0 Å². The third kappa shape index (κ3) is 2.65. The third-order valence-electron chi connectivity index (χ3n) is 4.99. The zero-order valence-corrected chi connectivity index (χ0v) is 14.6. The summed E-state index contributed by atoms with van der Waals surface area (Å²) in [6.07, 6.45) is 5.19. The number of fused-ring (bicyclic) bond motifs is 1. The molecule has 5 heteroatoms. The van der Waals surface area contributed by atoms with Crippen molar-refractivity contribution in [3.8, 4) is 0 Å². The molecule has 4 nitrogen and oxygen atoms in total. The summed E-state index contributed by atoms with van der Waals surface area (Å²) >= 11 is 6.63. The Balaban J connectivity index is 1.55. The molecule has 0 amide bonds. The fourth-order valence-electron chi connectivity index (χ4n) is 3.63. The van der Waals surface area contributed by atoms with E-state index in [1.165, 1.54) is 5.56 Å². The Morgan fingerprint density at radius 2 is 1.83 bits per heavy atom. The fraction of sp³-hybridized carbons (Fsp3) is 0.368. The molecule has 1 aliphatic heterocycles. The van der Waals surface area contributed by atoms with Gasteiger partial charge in [-0.2, -0.15) is 0 Å². The predicted molar refractivity (Wildman–Crippen MR) is 98.0 cm³/mol. The summed E-state index contributed by atoms with van der Waals surface area (Å²) in [5.41, 5.74) is 3.28. The second-order valence-corrected chi connectivity index (χ2v) is 6.73. The number of aromatic nitrogens is 3. The van der Waals surface area contributed by atoms with Gasteiger partial charge in [0.15, 0.2) is 5.65 Å². The summed E-state index contributed by atoms with van der Waals surface area (Å²) in [6.45, 7) is 4.11. The average molecular weight is 341 g/mol. The normalized spacial score (nSPS) is 16.0. The number of benzene rings is 1. The van der Waals surface area contributed by atoms with Gasteiger partial charge in [-0.05, 0) is 30.4 Å². The van der Waals surface area contributed by atoms with Crippen LogP contribution in [0.25, 0.3) is 5.65 Å². The monoisotopic (exact) mass is 340 g/mol. The van der Waals surface area contributed by atoms with Crippen molar-refractivity contribution in [2.45, 2.75) is 32.1 Å². The van der Waals surface area contributed by atoms with E-state index < -0.39 is 0 Å². The zero-order chi connectivity index (χ0) is 16.5. The van der Waals surface area contributed by atoms with Crippen LogP contribution in [0.4, 0.5) is 5.69 Å². The van der Waals surface area contributed by atoms with Crippen molar-refractivity contribution < 1.29 is 0 Å². The van der Waals surface area contributed by atoms with Gasteiger partial charge in [0.2, 0.25) is 0 Å². The quantitative estimate of drug-likeness (QED) is 0.711. The molecule has 0 unspecified atom stereocenters. The molecule has 24 heavy (non-hydrogen) atoms. The first-order valence-electron chi connectivity index (χ1n) is 8.60. The van der Waals surface area contributed by atoms with Crippen molar-refractivity contribution in [2.75, 3.05) is 18.0 Å². The Morgan fingerprint density at radius 1 is 1.08 bits per heavy atom. The third-order valence-corrected chi connectivity index (χ3v) is 5.35. The summed E-state index contributed by atoms with van der Waals surface area (Å²) in [4.78, 5) is 2.38. The van der Waals surface area contributed by atoms with Gasteiger partial charge in [0.05, 0.1) is 5.69 Å². The number of hydrogen-bond acceptors (Lipinski definition) is 3. The Bertz CT molecular complexity index is 835. The number of piperidine rings is 1. The van der Waals surface area contributed by atoms with Gasteiger partial charge in [0, 0.05) is 25.7 Å². The first kappa shape index (κ1) is 15.5. The minimum Gasteiger partial charge on any atom is -0.370 e. The van der Waals surface area contributed by atoms with E-state index in [1.807, 2.05) is 10.6 Å². The number of anilines is 1. The Labute approximate surface area is 147 Å². The lowest BCUT2D eigenvalue weighted by Crippen LogP contribution is -2.33. The molecule has 1 fully saturated rings. The standard InChI is InChI=1S/C19H21ClN4/c1-2-17-21-22-19-18(20)16(10-13-24(17)19)23-11-8-15(9-12-23)14-6-4-3-5-7-14/h3-7,10,13,15H,2,8-9,11-12H2,1H3. The van der Waals surface area contributed by atoms with E-state index >= 15 is 0 Å². The highest BCUT2D eigenvalue weighted by Crippen LogP contribution is 2.35. The van der Waals surface area contributed by atoms with Gasteiger partial charge in [0.25, 0.3) is 0 Å². The Kier molecular flexibility index (Phi) is 4.15. The van der Waals surface area contributed by atoms with Gasteiger partial charge in [-0.15, -0.1) is 10.2 Å². The van der Waals surface area contributed by atoms with Gasteiger partial charge in [-0.3, -0.25) is 4.40 Å². The van der Waals surface area contributed by atoms with Gasteiger partial charge >= 0.3 is 0 Å². The van der Waals surface area contributed by atoms with Crippen molar-refractivity contribution in [3.05, 3.63) is 59.0 Å². The second-order valence-electron chi connectivity index (χ2n) is 6.35. The molecule has 0 saturated carbocycles. The molecular formula is C19H21ClN4. The van der Waals surface area contributed by atoms with Crippen molar-refractivity contribution in [1.29, 1.82) is 0 Å². The maximum Gasteiger partial charge on any atom is 0.181 e. The summed E-state index contributed by atoms with van der Waals surface area (Å²) in [7, 11) is 0. The van der Waals surface area contributed by atoms with E-state index in [0.29, 0.717) is 10.9 Å². The van der Waals surface area contributed by atoms with E-state index in [9.17, 15) is 0 Å². The number of hydrogen-bond donors (Lipinski definition) is 0. The largest absolute Gasteiger partial charge is 0.370 e. The number of aryl methyl sites for hydroxylation is 1. The van der Waals surface area contributed by atoms with Crippen LogP contribution in [-0.2, 0) is 6.42 Å². The van der Waals surface area contributed by atoms with Gasteiger partial charge in [-0.25, -0.2) is 0 Å². The highest BCUT2D eigenvalue weighted by Gasteiger charge is 2.23. The molecule has 2 aromatic heterocycles. The molecule has 0 bridgehead atoms. The minimum atomic E-state index is 0.643. The topological polar surface area (TPSA) is 33.4 Å². The first-order chi connectivity index (χ1) is 11.8. The van der Waals surface area contributed by atoms with Crippen LogP contribution in [0, 0.1) is 0 Å². The summed E-state index contributed by atoms with van der Waals surface area (Å²) < 4.78 is 1.99. The highest BCUT2D eigenvalue weighted by atomic mass is 35.5. The van der Waals surface area contributed by atoms with Crippen molar-refractivity contribution in [1.82, 2.24) is 14.6 Å². The summed E-state index contributed by atoms with van der Waals surface area (Å²) in [5, 5.41) is 9.19. The molecule has 124 valence electrons. The maximum absolute atomic E-state index is 6.63. The maximum atomic E-state index is 6.63. The highest BCUT2D eigenvalue weighted by molar-refractivity contribution is 6.36. The molecule has 1 saturated heterocycles. The van der Waals surface area contributed by atoms with E-state index in [2.05, 4.69) is 58.4 Å². The number of halogens is 1. The van der Waals surface area contributed by atoms with Gasteiger partial charge in [-0.1, -0.05) is 48.9 Å². The molecule has 0 N–H and O–H groups in total. The molecule has 0 aliphatic carbocycles. The lowest BCUT2D eigenvalue weighted by atomic mass is 9.89. The van der Waals surface area contributed by atoms with Crippen LogP contribution in [0.2, 0.25) is 5.02 Å². The van der Waals surface area contributed by atoms with Crippen LogP contribution in [0.1, 0.15) is 37.1 Å². The molecule has 0 radical (unpaired) electrons. The number of rotatable bonds is 3. The van der Waals surface area contributed by atoms with Crippen LogP contribution in [0.3, 0.4) is 0 Å². The summed E-state index contributed by atoms with van der Waals surface area (Å²) in [6, 6.07) is 12.9. The van der Waals surface area contributed by atoms with Crippen LogP contribution in [0.5, 0.6) is 0 Å². The molecule has 3 aromatic rings. The molecule has 3 heterocycles. The van der Waals surface area contributed by atoms with Crippen LogP contribution >= 0.6 is 11.6 Å². The van der Waals surface area contributed by atoms with E-state index in [1.54, 1.807) is 0 Å². The first-order valence-corrected chi connectivity index (χ1v) is 8.97. The predicted octanol–water partition coefficient (Wildman–Crippen LogP) is 4.33. The molecular weight excluding hydrogens is 320 g/mol. The molecule has 0 spiro atoms. The molecule has 1 aliphatic rings. The SMILES string of the molecule is CCc1nnc2c(Cl)c(N3CCC(c4ccccc4)CC3)ccn12. The fourth-order valence-corrected chi connectivity index (χ4v) is 3.94. The van der Waals surface area contributed by atoms with E-state index in [4.69, 9.17) is 11.6 Å². The zero-order valence-electron chi connectivity index (χ0n) is 13.8. The lowest BCUT2D eigenvalue weighted by molar-refractivity contribution is 0.505. The Hall–Kier alpha value is -2.07. The molecule has 4 rings (SSSR count). The van der Waals surface area contributed by atoms with E-state index in [0.717, 1.165) is 49.5 Å². The van der Waals surface area contributed by atoms with Crippen molar-refractivity contribution in [3.63, 3.8) is 0 Å². The lowest BCUT2D eigenvalue weighted by Gasteiger charge is -2.34. The van der Waals surface area contributed by atoms with Gasteiger partial charge < -0.3 is 4.90 Å². The molecule has 1 aromatic carbocycles.